The lowest BCUT2D eigenvalue weighted by Gasteiger charge is -2.07. The van der Waals surface area contributed by atoms with Gasteiger partial charge in [-0.25, -0.2) is 12.8 Å². The van der Waals surface area contributed by atoms with E-state index >= 15 is 0 Å². The molecule has 2 N–H and O–H groups in total. The molecule has 0 bridgehead atoms. The average molecular weight is 287 g/mol. The molecular formula is C14H22FNO2S. The van der Waals surface area contributed by atoms with Crippen LogP contribution in [0.4, 0.5) is 10.1 Å². The zero-order chi connectivity index (χ0) is 14.3. The summed E-state index contributed by atoms with van der Waals surface area (Å²) in [6.45, 7) is 2.14. The van der Waals surface area contributed by atoms with E-state index in [0.717, 1.165) is 31.4 Å². The summed E-state index contributed by atoms with van der Waals surface area (Å²) in [5.41, 5.74) is 5.55. The summed E-state index contributed by atoms with van der Waals surface area (Å²) < 4.78 is 37.0. The first-order chi connectivity index (χ1) is 8.97. The van der Waals surface area contributed by atoms with Crippen LogP contribution in [0, 0.1) is 5.82 Å². The van der Waals surface area contributed by atoms with Gasteiger partial charge in [0.05, 0.1) is 16.3 Å². The molecule has 5 heteroatoms. The molecule has 3 nitrogen and oxygen atoms in total. The zero-order valence-electron chi connectivity index (χ0n) is 11.4. The molecule has 0 fully saturated rings. The molecule has 0 heterocycles. The van der Waals surface area contributed by atoms with Crippen LogP contribution in [0.25, 0.3) is 0 Å². The molecule has 0 radical (unpaired) electrons. The lowest BCUT2D eigenvalue weighted by Crippen LogP contribution is -2.09. The van der Waals surface area contributed by atoms with E-state index in [0.29, 0.717) is 6.42 Å². The molecule has 1 rings (SSSR count). The van der Waals surface area contributed by atoms with Gasteiger partial charge in [-0.15, -0.1) is 0 Å². The molecule has 1 aromatic carbocycles. The van der Waals surface area contributed by atoms with Crippen LogP contribution < -0.4 is 5.73 Å². The van der Waals surface area contributed by atoms with Crippen molar-refractivity contribution in [3.05, 3.63) is 24.0 Å². The highest BCUT2D eigenvalue weighted by Crippen LogP contribution is 2.21. The van der Waals surface area contributed by atoms with Gasteiger partial charge < -0.3 is 5.73 Å². The highest BCUT2D eigenvalue weighted by atomic mass is 32.2. The van der Waals surface area contributed by atoms with E-state index < -0.39 is 15.7 Å². The van der Waals surface area contributed by atoms with E-state index in [1.165, 1.54) is 18.9 Å². The van der Waals surface area contributed by atoms with Crippen molar-refractivity contribution < 1.29 is 12.8 Å². The molecule has 0 aliphatic rings. The number of sulfone groups is 1. The number of benzene rings is 1. The lowest BCUT2D eigenvalue weighted by atomic mass is 10.1. The minimum Gasteiger partial charge on any atom is -0.398 e. The third-order valence-corrected chi connectivity index (χ3v) is 4.94. The summed E-state index contributed by atoms with van der Waals surface area (Å²) in [7, 11) is -3.39. The van der Waals surface area contributed by atoms with Crippen LogP contribution in [-0.2, 0) is 9.84 Å². The van der Waals surface area contributed by atoms with Gasteiger partial charge in [-0.1, -0.05) is 39.0 Å². The summed E-state index contributed by atoms with van der Waals surface area (Å²) in [4.78, 5) is 0.0439. The van der Waals surface area contributed by atoms with Gasteiger partial charge in [0.15, 0.2) is 9.84 Å². The highest BCUT2D eigenvalue weighted by molar-refractivity contribution is 7.91. The molecule has 0 atom stereocenters. The summed E-state index contributed by atoms with van der Waals surface area (Å²) in [5, 5.41) is 0. The summed E-state index contributed by atoms with van der Waals surface area (Å²) >= 11 is 0. The first kappa shape index (κ1) is 16.0. The summed E-state index contributed by atoms with van der Waals surface area (Å²) in [5.74, 6) is -0.439. The van der Waals surface area contributed by atoms with Crippen LogP contribution in [0.3, 0.4) is 0 Å². The standard InChI is InChI=1S/C14H22FNO2S/c1-2-3-4-5-6-7-10-19(17,18)14-9-8-12(15)11-13(14)16/h8-9,11H,2-7,10,16H2,1H3. The van der Waals surface area contributed by atoms with Gasteiger partial charge in [-0.3, -0.25) is 0 Å². The van der Waals surface area contributed by atoms with Gasteiger partial charge in [-0.2, -0.15) is 0 Å². The number of unbranched alkanes of at least 4 members (excludes halogenated alkanes) is 5. The van der Waals surface area contributed by atoms with E-state index in [9.17, 15) is 12.8 Å². The normalized spacial score (nSPS) is 11.7. The number of hydrogen-bond acceptors (Lipinski definition) is 3. The second-order valence-electron chi connectivity index (χ2n) is 4.77. The van der Waals surface area contributed by atoms with Gasteiger partial charge in [-0.05, 0) is 24.6 Å². The van der Waals surface area contributed by atoms with E-state index in [-0.39, 0.29) is 16.3 Å². The Labute approximate surface area is 114 Å². The topological polar surface area (TPSA) is 60.2 Å². The number of halogens is 1. The fourth-order valence-electron chi connectivity index (χ4n) is 1.98. The van der Waals surface area contributed by atoms with Crippen molar-refractivity contribution >= 4 is 15.5 Å². The SMILES string of the molecule is CCCCCCCCS(=O)(=O)c1ccc(F)cc1N. The van der Waals surface area contributed by atoms with Crippen molar-refractivity contribution in [2.75, 3.05) is 11.5 Å². The third kappa shape index (κ3) is 5.19. The fraction of sp³-hybridized carbons (Fsp3) is 0.571. The number of anilines is 1. The van der Waals surface area contributed by atoms with Gasteiger partial charge in [0, 0.05) is 0 Å². The highest BCUT2D eigenvalue weighted by Gasteiger charge is 2.17. The smallest absolute Gasteiger partial charge is 0.180 e. The lowest BCUT2D eigenvalue weighted by molar-refractivity contribution is 0.583. The first-order valence-electron chi connectivity index (χ1n) is 6.75. The van der Waals surface area contributed by atoms with Crippen LogP contribution in [0.15, 0.2) is 23.1 Å². The Kier molecular flexibility index (Phi) is 6.28. The molecule has 0 saturated carbocycles. The van der Waals surface area contributed by atoms with E-state index in [1.807, 2.05) is 0 Å². The van der Waals surface area contributed by atoms with Crippen LogP contribution in [0.2, 0.25) is 0 Å². The van der Waals surface area contributed by atoms with Crippen molar-refractivity contribution in [1.29, 1.82) is 0 Å². The van der Waals surface area contributed by atoms with Gasteiger partial charge in [0.1, 0.15) is 5.82 Å². The number of nitrogens with two attached hydrogens (primary N) is 1. The zero-order valence-corrected chi connectivity index (χ0v) is 12.2. The Morgan fingerprint density at radius 2 is 1.74 bits per heavy atom. The first-order valence-corrected chi connectivity index (χ1v) is 8.40. The summed E-state index contributed by atoms with van der Waals surface area (Å²) in [6, 6.07) is 3.43. The average Bonchev–Trinajstić information content (AvgIpc) is 2.33. The molecular weight excluding hydrogens is 265 g/mol. The molecule has 0 aromatic heterocycles. The Bertz CT molecular complexity index is 500. The Morgan fingerprint density at radius 3 is 2.37 bits per heavy atom. The molecule has 108 valence electrons. The van der Waals surface area contributed by atoms with Crippen molar-refractivity contribution in [1.82, 2.24) is 0 Å². The quantitative estimate of drug-likeness (QED) is 0.452. The van der Waals surface area contributed by atoms with Crippen molar-refractivity contribution in [2.24, 2.45) is 0 Å². The fourth-order valence-corrected chi connectivity index (χ4v) is 3.48. The minimum atomic E-state index is -3.39. The van der Waals surface area contributed by atoms with Gasteiger partial charge in [0.2, 0.25) is 0 Å². The van der Waals surface area contributed by atoms with Crippen LogP contribution in [0.5, 0.6) is 0 Å². The molecule has 0 spiro atoms. The maximum atomic E-state index is 12.9. The van der Waals surface area contributed by atoms with Crippen molar-refractivity contribution in [3.63, 3.8) is 0 Å². The number of nitrogen functional groups attached to an aromatic ring is 1. The third-order valence-electron chi connectivity index (χ3n) is 3.07. The van der Waals surface area contributed by atoms with Crippen molar-refractivity contribution in [3.8, 4) is 0 Å². The monoisotopic (exact) mass is 287 g/mol. The molecule has 0 aliphatic heterocycles. The minimum absolute atomic E-state index is 0.00835. The summed E-state index contributed by atoms with van der Waals surface area (Å²) in [6.07, 6.45) is 6.10. The Hall–Kier alpha value is -1.10. The number of rotatable bonds is 8. The molecule has 0 saturated heterocycles. The van der Waals surface area contributed by atoms with Crippen LogP contribution in [0.1, 0.15) is 45.4 Å². The maximum absolute atomic E-state index is 12.9. The van der Waals surface area contributed by atoms with Crippen LogP contribution >= 0.6 is 0 Å². The molecule has 1 aromatic rings. The Balaban J connectivity index is 2.52. The largest absolute Gasteiger partial charge is 0.398 e. The Morgan fingerprint density at radius 1 is 1.11 bits per heavy atom. The van der Waals surface area contributed by atoms with Crippen LogP contribution in [-0.4, -0.2) is 14.2 Å². The molecule has 0 amide bonds. The van der Waals surface area contributed by atoms with E-state index in [4.69, 9.17) is 5.73 Å². The van der Waals surface area contributed by atoms with Gasteiger partial charge in [0.25, 0.3) is 0 Å². The van der Waals surface area contributed by atoms with Gasteiger partial charge >= 0.3 is 0 Å². The number of hydrogen-bond donors (Lipinski definition) is 1. The van der Waals surface area contributed by atoms with Crippen molar-refractivity contribution in [2.45, 2.75) is 50.3 Å². The second-order valence-corrected chi connectivity index (χ2v) is 6.85. The molecule has 19 heavy (non-hydrogen) atoms. The van der Waals surface area contributed by atoms with E-state index in [1.54, 1.807) is 0 Å². The predicted octanol–water partition coefficient (Wildman–Crippen LogP) is 3.54. The van der Waals surface area contributed by atoms with E-state index in [2.05, 4.69) is 6.92 Å². The predicted molar refractivity (Wildman–Crippen MR) is 76.2 cm³/mol. The molecule has 0 unspecified atom stereocenters. The molecule has 0 aliphatic carbocycles. The second kappa shape index (κ2) is 7.48. The maximum Gasteiger partial charge on any atom is 0.180 e.